The monoisotopic (exact) mass is 378 g/mol. The molecule has 0 unspecified atom stereocenters. The fraction of sp³-hybridized carbons (Fsp3) is 0.389. The summed E-state index contributed by atoms with van der Waals surface area (Å²) in [6.45, 7) is 3.39. The quantitative estimate of drug-likeness (QED) is 0.710. The molecule has 0 atom stereocenters. The molecule has 0 aliphatic rings. The first-order chi connectivity index (χ1) is 12.4. The normalized spacial score (nSPS) is 10.5. The summed E-state index contributed by atoms with van der Waals surface area (Å²) in [7, 11) is 3.15. The molecule has 0 radical (unpaired) electrons. The second-order valence-electron chi connectivity index (χ2n) is 5.77. The highest BCUT2D eigenvalue weighted by molar-refractivity contribution is 7.13. The van der Waals surface area contributed by atoms with Crippen molar-refractivity contribution in [2.24, 2.45) is 0 Å². The van der Waals surface area contributed by atoms with Gasteiger partial charge in [-0.1, -0.05) is 0 Å². The molecule has 7 nitrogen and oxygen atoms in total. The zero-order chi connectivity index (χ0) is 19.1. The Morgan fingerprint density at radius 3 is 2.58 bits per heavy atom. The summed E-state index contributed by atoms with van der Waals surface area (Å²) in [5.41, 5.74) is 1.46. The van der Waals surface area contributed by atoms with E-state index in [1.807, 2.05) is 26.0 Å². The van der Waals surface area contributed by atoms with Crippen molar-refractivity contribution in [1.82, 2.24) is 10.3 Å². The molecule has 0 aliphatic carbocycles. The van der Waals surface area contributed by atoms with E-state index in [2.05, 4.69) is 10.3 Å². The van der Waals surface area contributed by atoms with Gasteiger partial charge in [0.05, 0.1) is 26.3 Å². The van der Waals surface area contributed by atoms with Gasteiger partial charge < -0.3 is 19.5 Å². The van der Waals surface area contributed by atoms with Crippen molar-refractivity contribution in [3.05, 3.63) is 29.3 Å². The maximum atomic E-state index is 11.9. The number of carbonyl (C=O) groups is 2. The molecule has 2 aromatic rings. The summed E-state index contributed by atoms with van der Waals surface area (Å²) < 4.78 is 15.5. The maximum absolute atomic E-state index is 11.9. The third-order valence-electron chi connectivity index (χ3n) is 3.32. The molecule has 26 heavy (non-hydrogen) atoms. The lowest BCUT2D eigenvalue weighted by molar-refractivity contribution is -0.148. The maximum Gasteiger partial charge on any atom is 0.312 e. The molecule has 0 spiro atoms. The summed E-state index contributed by atoms with van der Waals surface area (Å²) in [4.78, 5) is 27.8. The smallest absolute Gasteiger partial charge is 0.312 e. The zero-order valence-corrected chi connectivity index (χ0v) is 16.0. The lowest BCUT2D eigenvalue weighted by Crippen LogP contribution is -2.34. The zero-order valence-electron chi connectivity index (χ0n) is 15.2. The van der Waals surface area contributed by atoms with Gasteiger partial charge in [-0.3, -0.25) is 9.59 Å². The molecular weight excluding hydrogens is 356 g/mol. The molecular formula is C18H22N2O5S. The van der Waals surface area contributed by atoms with Crippen LogP contribution in [0, 0.1) is 0 Å². The first kappa shape index (κ1) is 19.7. The summed E-state index contributed by atoms with van der Waals surface area (Å²) in [6, 6.07) is 5.51. The van der Waals surface area contributed by atoms with Crippen molar-refractivity contribution in [1.29, 1.82) is 0 Å². The molecule has 0 bridgehead atoms. The Morgan fingerprint density at radius 1 is 1.19 bits per heavy atom. The highest BCUT2D eigenvalue weighted by atomic mass is 32.1. The molecule has 140 valence electrons. The molecule has 0 fully saturated rings. The largest absolute Gasteiger partial charge is 0.493 e. The topological polar surface area (TPSA) is 86.8 Å². The Hall–Kier alpha value is -2.61. The number of aromatic nitrogens is 1. The van der Waals surface area contributed by atoms with E-state index >= 15 is 0 Å². The number of nitrogens with zero attached hydrogens (tertiary/aromatic N) is 1. The summed E-state index contributed by atoms with van der Waals surface area (Å²) in [5, 5.41) is 5.20. The highest BCUT2D eigenvalue weighted by Crippen LogP contribution is 2.33. The minimum Gasteiger partial charge on any atom is -0.493 e. The molecule has 1 aromatic heterocycles. The molecule has 0 aliphatic heterocycles. The number of benzene rings is 1. The standard InChI is InChI=1S/C18H22N2O5S/c1-11(2)19-16(21)9-25-17(22)8-13-10-26-18(20-13)12-5-6-14(23-3)15(7-12)24-4/h5-7,10-11H,8-9H2,1-4H3,(H,19,21). The third kappa shape index (κ3) is 5.45. The van der Waals surface area contributed by atoms with Gasteiger partial charge >= 0.3 is 5.97 Å². The van der Waals surface area contributed by atoms with Crippen LogP contribution in [0.1, 0.15) is 19.5 Å². The van der Waals surface area contributed by atoms with Crippen molar-refractivity contribution >= 4 is 23.2 Å². The van der Waals surface area contributed by atoms with E-state index in [1.165, 1.54) is 11.3 Å². The Balaban J connectivity index is 1.97. The van der Waals surface area contributed by atoms with Gasteiger partial charge in [-0.05, 0) is 32.0 Å². The predicted octanol–water partition coefficient (Wildman–Crippen LogP) is 2.44. The number of hydrogen-bond donors (Lipinski definition) is 1. The minimum atomic E-state index is -0.493. The number of rotatable bonds is 8. The SMILES string of the molecule is COc1ccc(-c2nc(CC(=O)OCC(=O)NC(C)C)cs2)cc1OC. The summed E-state index contributed by atoms with van der Waals surface area (Å²) >= 11 is 1.42. The number of amides is 1. The molecule has 8 heteroatoms. The number of hydrogen-bond acceptors (Lipinski definition) is 7. The number of methoxy groups -OCH3 is 2. The van der Waals surface area contributed by atoms with Gasteiger partial charge in [-0.15, -0.1) is 11.3 Å². The predicted molar refractivity (Wildman–Crippen MR) is 98.6 cm³/mol. The second-order valence-corrected chi connectivity index (χ2v) is 6.63. The van der Waals surface area contributed by atoms with Crippen LogP contribution >= 0.6 is 11.3 Å². The van der Waals surface area contributed by atoms with Crippen LogP contribution in [0.15, 0.2) is 23.6 Å². The van der Waals surface area contributed by atoms with Gasteiger partial charge in [0.2, 0.25) is 0 Å². The fourth-order valence-electron chi connectivity index (χ4n) is 2.20. The number of ether oxygens (including phenoxy) is 3. The van der Waals surface area contributed by atoms with Crippen molar-refractivity contribution in [2.45, 2.75) is 26.3 Å². The Morgan fingerprint density at radius 2 is 1.92 bits per heavy atom. The van der Waals surface area contributed by atoms with Crippen molar-refractivity contribution in [2.75, 3.05) is 20.8 Å². The van der Waals surface area contributed by atoms with Crippen LogP contribution in [0.25, 0.3) is 10.6 Å². The van der Waals surface area contributed by atoms with Crippen LogP contribution in [0.5, 0.6) is 11.5 Å². The Labute approximate surface area is 156 Å². The van der Waals surface area contributed by atoms with E-state index < -0.39 is 5.97 Å². The molecule has 0 saturated carbocycles. The van der Waals surface area contributed by atoms with Gasteiger partial charge in [0.1, 0.15) is 5.01 Å². The average Bonchev–Trinajstić information content (AvgIpc) is 3.07. The summed E-state index contributed by atoms with van der Waals surface area (Å²) in [5.74, 6) is 0.430. The van der Waals surface area contributed by atoms with Crippen LogP contribution in [-0.4, -0.2) is 43.7 Å². The van der Waals surface area contributed by atoms with Gasteiger partial charge in [0.15, 0.2) is 18.1 Å². The first-order valence-electron chi connectivity index (χ1n) is 8.04. The van der Waals surface area contributed by atoms with E-state index in [4.69, 9.17) is 14.2 Å². The second kappa shape index (κ2) is 9.19. The van der Waals surface area contributed by atoms with Crippen LogP contribution < -0.4 is 14.8 Å². The van der Waals surface area contributed by atoms with Crippen LogP contribution in [-0.2, 0) is 20.7 Å². The van der Waals surface area contributed by atoms with Gasteiger partial charge in [0, 0.05) is 17.0 Å². The highest BCUT2D eigenvalue weighted by Gasteiger charge is 2.13. The van der Waals surface area contributed by atoms with E-state index in [9.17, 15) is 9.59 Å². The van der Waals surface area contributed by atoms with E-state index in [1.54, 1.807) is 25.7 Å². The lowest BCUT2D eigenvalue weighted by Gasteiger charge is -2.08. The number of esters is 1. The summed E-state index contributed by atoms with van der Waals surface area (Å²) in [6.07, 6.45) is 0.0126. The molecule has 0 saturated heterocycles. The molecule has 1 N–H and O–H groups in total. The van der Waals surface area contributed by atoms with Crippen molar-refractivity contribution < 1.29 is 23.8 Å². The van der Waals surface area contributed by atoms with Gasteiger partial charge in [-0.2, -0.15) is 0 Å². The molecule has 1 heterocycles. The van der Waals surface area contributed by atoms with Crippen LogP contribution in [0.2, 0.25) is 0 Å². The van der Waals surface area contributed by atoms with Crippen LogP contribution in [0.3, 0.4) is 0 Å². The number of carbonyl (C=O) groups excluding carboxylic acids is 2. The number of thiazole rings is 1. The average molecular weight is 378 g/mol. The molecule has 1 aromatic carbocycles. The third-order valence-corrected chi connectivity index (χ3v) is 4.26. The molecule has 2 rings (SSSR count). The van der Waals surface area contributed by atoms with E-state index in [0.29, 0.717) is 17.2 Å². The van der Waals surface area contributed by atoms with E-state index in [0.717, 1.165) is 10.6 Å². The fourth-order valence-corrected chi connectivity index (χ4v) is 3.02. The van der Waals surface area contributed by atoms with Crippen molar-refractivity contribution in [3.63, 3.8) is 0 Å². The van der Waals surface area contributed by atoms with Gasteiger partial charge in [0.25, 0.3) is 5.91 Å². The Bertz CT molecular complexity index is 773. The molecule has 1 amide bonds. The van der Waals surface area contributed by atoms with Crippen molar-refractivity contribution in [3.8, 4) is 22.1 Å². The van der Waals surface area contributed by atoms with Gasteiger partial charge in [-0.25, -0.2) is 4.98 Å². The van der Waals surface area contributed by atoms with Crippen LogP contribution in [0.4, 0.5) is 0 Å². The van der Waals surface area contributed by atoms with E-state index in [-0.39, 0.29) is 25.0 Å². The first-order valence-corrected chi connectivity index (χ1v) is 8.92. The minimum absolute atomic E-state index is 0.00351. The lowest BCUT2D eigenvalue weighted by atomic mass is 10.2. The Kier molecular flexibility index (Phi) is 6.97. The number of nitrogens with one attached hydrogen (secondary N) is 1.